The van der Waals surface area contributed by atoms with Gasteiger partial charge < -0.3 is 10.1 Å². The van der Waals surface area contributed by atoms with Gasteiger partial charge in [0.2, 0.25) is 0 Å². The molecule has 0 bridgehead atoms. The van der Waals surface area contributed by atoms with Gasteiger partial charge in [0, 0.05) is 6.07 Å². The lowest BCUT2D eigenvalue weighted by Gasteiger charge is -2.21. The molecule has 1 aliphatic rings. The van der Waals surface area contributed by atoms with Gasteiger partial charge in [-0.3, -0.25) is 14.9 Å². The van der Waals surface area contributed by atoms with Crippen LogP contribution in [-0.4, -0.2) is 35.4 Å². The van der Waals surface area contributed by atoms with E-state index in [0.717, 1.165) is 4.90 Å². The van der Waals surface area contributed by atoms with Gasteiger partial charge in [-0.05, 0) is 18.6 Å². The molecule has 2 rings (SSSR count). The monoisotopic (exact) mass is 304 g/mol. The van der Waals surface area contributed by atoms with E-state index < -0.39 is 28.9 Å². The number of nitro benzene ring substituents is 1. The summed E-state index contributed by atoms with van der Waals surface area (Å²) in [5, 5.41) is 22.2. The van der Waals surface area contributed by atoms with Crippen LogP contribution in [0.3, 0.4) is 0 Å². The first-order chi connectivity index (χ1) is 10.3. The largest absolute Gasteiger partial charge is 0.490 e. The Labute approximate surface area is 125 Å². The van der Waals surface area contributed by atoms with Crippen molar-refractivity contribution in [1.29, 1.82) is 5.26 Å². The molecule has 0 aromatic heterocycles. The summed E-state index contributed by atoms with van der Waals surface area (Å²) in [6.07, 6.45) is 0. The number of hydrogen-bond donors (Lipinski definition) is 1. The van der Waals surface area contributed by atoms with Crippen molar-refractivity contribution in [3.63, 3.8) is 0 Å². The van der Waals surface area contributed by atoms with Gasteiger partial charge in [0.25, 0.3) is 5.91 Å². The smallest absolute Gasteiger partial charge is 0.326 e. The highest BCUT2D eigenvalue weighted by atomic mass is 16.6. The number of methoxy groups -OCH3 is 1. The molecule has 1 aliphatic heterocycles. The van der Waals surface area contributed by atoms with Crippen molar-refractivity contribution in [2.24, 2.45) is 0 Å². The molecule has 22 heavy (non-hydrogen) atoms. The predicted octanol–water partition coefficient (Wildman–Crippen LogP) is 0.894. The molecule has 9 nitrogen and oxygen atoms in total. The number of rotatable bonds is 4. The van der Waals surface area contributed by atoms with E-state index in [-0.39, 0.29) is 17.0 Å². The first kappa shape index (κ1) is 15.2. The van der Waals surface area contributed by atoms with E-state index in [1.54, 1.807) is 6.07 Å². The second-order valence-corrected chi connectivity index (χ2v) is 4.75. The van der Waals surface area contributed by atoms with Crippen LogP contribution in [0, 0.1) is 21.4 Å². The fraction of sp³-hybridized carbons (Fsp3) is 0.308. The number of carbonyl (C=O) groups is 2. The summed E-state index contributed by atoms with van der Waals surface area (Å²) < 4.78 is 4.90. The molecule has 9 heteroatoms. The fourth-order valence-corrected chi connectivity index (χ4v) is 2.25. The number of nitrogens with zero attached hydrogens (tertiary/aromatic N) is 3. The molecule has 1 N–H and O–H groups in total. The number of nitriles is 1. The Bertz CT molecular complexity index is 711. The Morgan fingerprint density at radius 1 is 1.50 bits per heavy atom. The number of hydrogen-bond acceptors (Lipinski definition) is 6. The van der Waals surface area contributed by atoms with Crippen LogP contribution in [0.15, 0.2) is 18.2 Å². The van der Waals surface area contributed by atoms with Gasteiger partial charge >= 0.3 is 11.7 Å². The third-order valence-electron chi connectivity index (χ3n) is 3.46. The molecule has 114 valence electrons. The van der Waals surface area contributed by atoms with E-state index in [0.29, 0.717) is 0 Å². The van der Waals surface area contributed by atoms with Crippen molar-refractivity contribution in [2.75, 3.05) is 13.7 Å². The standard InChI is InChI=1S/C13H12N4O5/c1-13(11(18)16(6-5-14)12(19)15-13)8-3-4-10(22-2)9(7-8)17(20)21/h3-4,7H,6H2,1-2H3,(H,15,19). The van der Waals surface area contributed by atoms with Gasteiger partial charge in [-0.1, -0.05) is 6.07 Å². The van der Waals surface area contributed by atoms with Crippen molar-refractivity contribution < 1.29 is 19.2 Å². The summed E-state index contributed by atoms with van der Waals surface area (Å²) in [7, 11) is 1.29. The maximum atomic E-state index is 12.4. The van der Waals surface area contributed by atoms with E-state index >= 15 is 0 Å². The molecule has 1 aromatic carbocycles. The zero-order chi connectivity index (χ0) is 16.5. The highest BCUT2D eigenvalue weighted by Crippen LogP contribution is 2.35. The summed E-state index contributed by atoms with van der Waals surface area (Å²) in [6, 6.07) is 4.99. The normalized spacial score (nSPS) is 20.5. The third-order valence-corrected chi connectivity index (χ3v) is 3.46. The third kappa shape index (κ3) is 2.20. The summed E-state index contributed by atoms with van der Waals surface area (Å²) in [5.74, 6) is -0.596. The molecule has 0 spiro atoms. The lowest BCUT2D eigenvalue weighted by molar-refractivity contribution is -0.385. The zero-order valence-electron chi connectivity index (χ0n) is 11.8. The van der Waals surface area contributed by atoms with Crippen LogP contribution in [-0.2, 0) is 10.3 Å². The van der Waals surface area contributed by atoms with Crippen LogP contribution in [0.25, 0.3) is 0 Å². The predicted molar refractivity (Wildman–Crippen MR) is 72.9 cm³/mol. The molecule has 1 atom stereocenters. The van der Waals surface area contributed by atoms with Gasteiger partial charge in [0.1, 0.15) is 12.1 Å². The van der Waals surface area contributed by atoms with Crippen molar-refractivity contribution in [3.8, 4) is 11.8 Å². The van der Waals surface area contributed by atoms with Gasteiger partial charge in [0.05, 0.1) is 18.1 Å². The Hall–Kier alpha value is -3.15. The second-order valence-electron chi connectivity index (χ2n) is 4.75. The number of benzene rings is 1. The lowest BCUT2D eigenvalue weighted by atomic mass is 9.91. The summed E-state index contributed by atoms with van der Waals surface area (Å²) in [5.41, 5.74) is -1.55. The maximum Gasteiger partial charge on any atom is 0.326 e. The highest BCUT2D eigenvalue weighted by Gasteiger charge is 2.49. The molecule has 1 heterocycles. The van der Waals surface area contributed by atoms with E-state index in [2.05, 4.69) is 5.32 Å². The molecule has 0 saturated carbocycles. The first-order valence-electron chi connectivity index (χ1n) is 6.19. The summed E-state index contributed by atoms with van der Waals surface area (Å²) in [4.78, 5) is 35.3. The van der Waals surface area contributed by atoms with Crippen molar-refractivity contribution >= 4 is 17.6 Å². The van der Waals surface area contributed by atoms with Gasteiger partial charge in [-0.15, -0.1) is 0 Å². The first-order valence-corrected chi connectivity index (χ1v) is 6.19. The highest BCUT2D eigenvalue weighted by molar-refractivity contribution is 6.07. The molecule has 1 saturated heterocycles. The van der Waals surface area contributed by atoms with Crippen molar-refractivity contribution in [1.82, 2.24) is 10.2 Å². The Kier molecular flexibility index (Phi) is 3.69. The topological polar surface area (TPSA) is 126 Å². The van der Waals surface area contributed by atoms with E-state index in [1.807, 2.05) is 0 Å². The van der Waals surface area contributed by atoms with Crippen LogP contribution in [0.5, 0.6) is 5.75 Å². The zero-order valence-corrected chi connectivity index (χ0v) is 11.8. The average Bonchev–Trinajstić information content (AvgIpc) is 2.71. The molecule has 0 aliphatic carbocycles. The Morgan fingerprint density at radius 2 is 2.18 bits per heavy atom. The number of amides is 3. The lowest BCUT2D eigenvalue weighted by Crippen LogP contribution is -2.41. The van der Waals surface area contributed by atoms with Crippen LogP contribution >= 0.6 is 0 Å². The van der Waals surface area contributed by atoms with E-state index in [9.17, 15) is 19.7 Å². The Morgan fingerprint density at radius 3 is 2.73 bits per heavy atom. The molecule has 1 unspecified atom stereocenters. The van der Waals surface area contributed by atoms with Crippen molar-refractivity contribution in [3.05, 3.63) is 33.9 Å². The molecular weight excluding hydrogens is 292 g/mol. The molecule has 0 radical (unpaired) electrons. The fourth-order valence-electron chi connectivity index (χ4n) is 2.25. The average molecular weight is 304 g/mol. The van der Waals surface area contributed by atoms with Gasteiger partial charge in [0.15, 0.2) is 5.75 Å². The van der Waals surface area contributed by atoms with E-state index in [4.69, 9.17) is 10.00 Å². The number of ether oxygens (including phenoxy) is 1. The number of carbonyl (C=O) groups excluding carboxylic acids is 2. The summed E-state index contributed by atoms with van der Waals surface area (Å²) >= 11 is 0. The number of nitro groups is 1. The molecular formula is C13H12N4O5. The summed E-state index contributed by atoms with van der Waals surface area (Å²) in [6.45, 7) is 1.04. The second kappa shape index (κ2) is 5.33. The van der Waals surface area contributed by atoms with Gasteiger partial charge in [-0.25, -0.2) is 9.69 Å². The molecule has 1 fully saturated rings. The minimum atomic E-state index is -1.47. The van der Waals surface area contributed by atoms with Crippen LogP contribution in [0.1, 0.15) is 12.5 Å². The van der Waals surface area contributed by atoms with E-state index in [1.165, 1.54) is 32.2 Å². The number of imide groups is 1. The van der Waals surface area contributed by atoms with Crippen LogP contribution in [0.2, 0.25) is 0 Å². The van der Waals surface area contributed by atoms with Gasteiger partial charge in [-0.2, -0.15) is 5.26 Å². The molecule has 3 amide bonds. The minimum absolute atomic E-state index is 0.0444. The Balaban J connectivity index is 2.50. The molecule has 1 aromatic rings. The van der Waals surface area contributed by atoms with Crippen LogP contribution in [0.4, 0.5) is 10.5 Å². The van der Waals surface area contributed by atoms with Crippen molar-refractivity contribution in [2.45, 2.75) is 12.5 Å². The number of urea groups is 1. The maximum absolute atomic E-state index is 12.4. The SMILES string of the molecule is COc1ccc(C2(C)NC(=O)N(CC#N)C2=O)cc1[N+](=O)[O-]. The minimum Gasteiger partial charge on any atom is -0.490 e. The number of nitrogens with one attached hydrogen (secondary N) is 1. The quantitative estimate of drug-likeness (QED) is 0.381. The van der Waals surface area contributed by atoms with Crippen LogP contribution < -0.4 is 10.1 Å².